The van der Waals surface area contributed by atoms with E-state index in [4.69, 9.17) is 10.5 Å². The van der Waals surface area contributed by atoms with E-state index in [2.05, 4.69) is 22.4 Å². The number of rotatable bonds is 9. The van der Waals surface area contributed by atoms with E-state index >= 15 is 0 Å². The molecular weight excluding hydrogens is 382 g/mol. The van der Waals surface area contributed by atoms with E-state index in [1.54, 1.807) is 11.7 Å². The van der Waals surface area contributed by atoms with Crippen LogP contribution >= 0.6 is 11.3 Å². The van der Waals surface area contributed by atoms with E-state index in [0.29, 0.717) is 6.42 Å². The molecule has 6 heteroatoms. The number of amides is 1. The monoisotopic (exact) mass is 407 g/mol. The number of carbonyl (C=O) groups excluding carboxylic acids is 1. The Balaban J connectivity index is 1.59. The average molecular weight is 408 g/mol. The minimum atomic E-state index is -0.458. The Hall–Kier alpha value is -2.96. The molecule has 0 saturated carbocycles. The molecule has 0 spiro atoms. The van der Waals surface area contributed by atoms with E-state index in [-0.39, 0.29) is 18.7 Å². The molecule has 2 aromatic carbocycles. The number of nitrogens with one attached hydrogen (secondary N) is 1. The lowest BCUT2D eigenvalue weighted by molar-refractivity contribution is 0.138. The predicted molar refractivity (Wildman–Crippen MR) is 117 cm³/mol. The molecule has 150 valence electrons. The first kappa shape index (κ1) is 20.8. The minimum Gasteiger partial charge on any atom is -0.444 e. The highest BCUT2D eigenvalue weighted by atomic mass is 32.1. The maximum absolute atomic E-state index is 12.3. The van der Waals surface area contributed by atoms with Crippen LogP contribution in [0.1, 0.15) is 16.0 Å². The van der Waals surface area contributed by atoms with Gasteiger partial charge in [0.2, 0.25) is 0 Å². The van der Waals surface area contributed by atoms with Crippen molar-refractivity contribution in [1.29, 1.82) is 0 Å². The molecule has 0 radical (unpaired) electrons. The normalized spacial score (nSPS) is 13.1. The summed E-state index contributed by atoms with van der Waals surface area (Å²) in [7, 11) is 0. The van der Waals surface area contributed by atoms with E-state index in [9.17, 15) is 4.79 Å². The van der Waals surface area contributed by atoms with Crippen molar-refractivity contribution in [2.24, 2.45) is 5.73 Å². The SMILES string of the molecule is N[C@@H](/C=C/[C@@H](Cc1ccccc1)NC(=O)OCc1cncs1)Cc1ccccc1. The number of hydrogen-bond donors (Lipinski definition) is 2. The van der Waals surface area contributed by atoms with Crippen LogP contribution in [0.15, 0.2) is 84.5 Å². The summed E-state index contributed by atoms with van der Waals surface area (Å²) in [5, 5.41) is 2.93. The highest BCUT2D eigenvalue weighted by molar-refractivity contribution is 7.09. The quantitative estimate of drug-likeness (QED) is 0.524. The van der Waals surface area contributed by atoms with Crippen LogP contribution in [0, 0.1) is 0 Å². The van der Waals surface area contributed by atoms with Gasteiger partial charge in [0.1, 0.15) is 6.61 Å². The predicted octanol–water partition coefficient (Wildman–Crippen LogP) is 4.11. The summed E-state index contributed by atoms with van der Waals surface area (Å²) in [6.07, 6.45) is 6.54. The topological polar surface area (TPSA) is 77.2 Å². The Morgan fingerprint density at radius 1 is 1.03 bits per heavy atom. The molecule has 0 aliphatic rings. The third-order valence-corrected chi connectivity index (χ3v) is 5.09. The molecule has 1 amide bonds. The van der Waals surface area contributed by atoms with Crippen molar-refractivity contribution < 1.29 is 9.53 Å². The van der Waals surface area contributed by atoms with Crippen LogP contribution < -0.4 is 11.1 Å². The summed E-state index contributed by atoms with van der Waals surface area (Å²) < 4.78 is 5.31. The molecule has 0 saturated heterocycles. The summed E-state index contributed by atoms with van der Waals surface area (Å²) in [5.41, 5.74) is 10.3. The number of aromatic nitrogens is 1. The number of carbonyl (C=O) groups is 1. The second-order valence-electron chi connectivity index (χ2n) is 6.72. The molecule has 0 bridgehead atoms. The largest absolute Gasteiger partial charge is 0.444 e. The molecule has 5 nitrogen and oxygen atoms in total. The fourth-order valence-corrected chi connectivity index (χ4v) is 3.42. The van der Waals surface area contributed by atoms with Crippen LogP contribution in [-0.4, -0.2) is 23.2 Å². The van der Waals surface area contributed by atoms with E-state index in [1.165, 1.54) is 16.9 Å². The lowest BCUT2D eigenvalue weighted by Crippen LogP contribution is -2.36. The molecule has 2 atom stereocenters. The molecule has 0 aliphatic carbocycles. The summed E-state index contributed by atoms with van der Waals surface area (Å²) in [4.78, 5) is 17.1. The maximum Gasteiger partial charge on any atom is 0.407 e. The molecular formula is C23H25N3O2S. The van der Waals surface area contributed by atoms with Crippen LogP contribution in [0.5, 0.6) is 0 Å². The molecule has 3 aromatic rings. The maximum atomic E-state index is 12.3. The first-order valence-electron chi connectivity index (χ1n) is 9.51. The zero-order chi connectivity index (χ0) is 20.3. The van der Waals surface area contributed by atoms with Gasteiger partial charge >= 0.3 is 6.09 Å². The van der Waals surface area contributed by atoms with Gasteiger partial charge in [-0.25, -0.2) is 4.79 Å². The molecule has 3 rings (SSSR count). The van der Waals surface area contributed by atoms with Gasteiger partial charge in [0, 0.05) is 12.2 Å². The van der Waals surface area contributed by atoms with Gasteiger partial charge in [-0.05, 0) is 24.0 Å². The van der Waals surface area contributed by atoms with E-state index in [1.807, 2.05) is 60.7 Å². The van der Waals surface area contributed by atoms with Gasteiger partial charge < -0.3 is 15.8 Å². The third-order valence-electron chi connectivity index (χ3n) is 4.34. The third kappa shape index (κ3) is 7.52. The first-order chi connectivity index (χ1) is 14.2. The number of benzene rings is 2. The van der Waals surface area contributed by atoms with E-state index in [0.717, 1.165) is 16.9 Å². The van der Waals surface area contributed by atoms with Gasteiger partial charge in [-0.15, -0.1) is 11.3 Å². The van der Waals surface area contributed by atoms with Crippen molar-refractivity contribution in [3.63, 3.8) is 0 Å². The summed E-state index contributed by atoms with van der Waals surface area (Å²) in [6.45, 7) is 0.214. The molecule has 0 aliphatic heterocycles. The smallest absolute Gasteiger partial charge is 0.407 e. The van der Waals surface area contributed by atoms with Crippen LogP contribution in [0.3, 0.4) is 0 Å². The van der Waals surface area contributed by atoms with E-state index < -0.39 is 6.09 Å². The van der Waals surface area contributed by atoms with Crippen molar-refractivity contribution in [2.45, 2.75) is 31.5 Å². The fraction of sp³-hybridized carbons (Fsp3) is 0.217. The fourth-order valence-electron chi connectivity index (χ4n) is 2.91. The zero-order valence-electron chi connectivity index (χ0n) is 16.1. The molecule has 0 unspecified atom stereocenters. The standard InChI is InChI=1S/C23H25N3O2S/c24-20(13-18-7-3-1-4-8-18)11-12-21(14-19-9-5-2-6-10-19)26-23(27)28-16-22-15-25-17-29-22/h1-12,15,17,20-21H,13-14,16,24H2,(H,26,27)/b12-11+/t20-,21-/m0/s1. The van der Waals surface area contributed by atoms with Gasteiger partial charge in [-0.1, -0.05) is 72.8 Å². The zero-order valence-corrected chi connectivity index (χ0v) is 16.9. The Kier molecular flexibility index (Phi) is 7.98. The molecule has 1 heterocycles. The van der Waals surface area contributed by atoms with Crippen LogP contribution in [0.4, 0.5) is 4.79 Å². The Morgan fingerprint density at radius 2 is 1.69 bits per heavy atom. The van der Waals surface area contributed by atoms with Gasteiger partial charge in [0.05, 0.1) is 16.4 Å². The highest BCUT2D eigenvalue weighted by Gasteiger charge is 2.12. The lowest BCUT2D eigenvalue weighted by atomic mass is 10.0. The van der Waals surface area contributed by atoms with Gasteiger partial charge in [-0.2, -0.15) is 0 Å². The number of thiazole rings is 1. The molecule has 1 aromatic heterocycles. The summed E-state index contributed by atoms with van der Waals surface area (Å²) >= 11 is 1.45. The second kappa shape index (κ2) is 11.1. The number of nitrogens with zero attached hydrogens (tertiary/aromatic N) is 1. The van der Waals surface area contributed by atoms with Gasteiger partial charge in [0.15, 0.2) is 0 Å². The number of nitrogens with two attached hydrogens (primary N) is 1. The molecule has 29 heavy (non-hydrogen) atoms. The van der Waals surface area contributed by atoms with Crippen LogP contribution in [0.2, 0.25) is 0 Å². The highest BCUT2D eigenvalue weighted by Crippen LogP contribution is 2.09. The van der Waals surface area contributed by atoms with Crippen LogP contribution in [0.25, 0.3) is 0 Å². The Bertz CT molecular complexity index is 883. The van der Waals surface area contributed by atoms with Crippen molar-refractivity contribution in [3.8, 4) is 0 Å². The second-order valence-corrected chi connectivity index (χ2v) is 7.69. The number of hydrogen-bond acceptors (Lipinski definition) is 5. The number of alkyl carbamates (subject to hydrolysis) is 1. The van der Waals surface area contributed by atoms with Gasteiger partial charge in [-0.3, -0.25) is 4.98 Å². The van der Waals surface area contributed by atoms with Crippen LogP contribution in [-0.2, 0) is 24.2 Å². The Labute approximate surface area is 175 Å². The van der Waals surface area contributed by atoms with Crippen molar-refractivity contribution in [1.82, 2.24) is 10.3 Å². The number of ether oxygens (including phenoxy) is 1. The first-order valence-corrected chi connectivity index (χ1v) is 10.4. The van der Waals surface area contributed by atoms with Crippen molar-refractivity contribution in [2.75, 3.05) is 0 Å². The molecule has 0 fully saturated rings. The van der Waals surface area contributed by atoms with Crippen molar-refractivity contribution in [3.05, 3.63) is 101 Å². The van der Waals surface area contributed by atoms with Gasteiger partial charge in [0.25, 0.3) is 0 Å². The Morgan fingerprint density at radius 3 is 2.31 bits per heavy atom. The summed E-state index contributed by atoms with van der Waals surface area (Å²) in [6, 6.07) is 19.8. The lowest BCUT2D eigenvalue weighted by Gasteiger charge is -2.16. The average Bonchev–Trinajstić information content (AvgIpc) is 3.26. The minimum absolute atomic E-state index is 0.134. The molecule has 3 N–H and O–H groups in total. The summed E-state index contributed by atoms with van der Waals surface area (Å²) in [5.74, 6) is 0. The van der Waals surface area contributed by atoms with Crippen molar-refractivity contribution >= 4 is 17.4 Å².